The Morgan fingerprint density at radius 2 is 1.87 bits per heavy atom. The topological polar surface area (TPSA) is 78.5 Å². The van der Waals surface area contributed by atoms with Crippen molar-refractivity contribution in [1.29, 1.82) is 0 Å². The molecule has 2 atom stereocenters. The lowest BCUT2D eigenvalue weighted by atomic mass is 10.1. The largest absolute Gasteiger partial charge is 0.352 e. The number of anilines is 1. The second-order valence-electron chi connectivity index (χ2n) is 7.55. The molecule has 0 aromatic heterocycles. The molecule has 1 aliphatic rings. The minimum atomic E-state index is -0.422. The first-order valence-electron chi connectivity index (χ1n) is 10.1. The van der Waals surface area contributed by atoms with Crippen LogP contribution in [0.2, 0.25) is 5.02 Å². The molecule has 0 saturated carbocycles. The Morgan fingerprint density at radius 3 is 2.53 bits per heavy atom. The van der Waals surface area contributed by atoms with Gasteiger partial charge in [0.2, 0.25) is 11.8 Å². The lowest BCUT2D eigenvalue weighted by Crippen LogP contribution is -2.33. The summed E-state index contributed by atoms with van der Waals surface area (Å²) in [5.41, 5.74) is 2.10. The third-order valence-electron chi connectivity index (χ3n) is 5.31. The Hall–Kier alpha value is -2.86. The van der Waals surface area contributed by atoms with E-state index in [-0.39, 0.29) is 30.2 Å². The Bertz CT molecular complexity index is 930. The number of nitrogens with one attached hydrogen (secondary N) is 2. The fourth-order valence-corrected chi connectivity index (χ4v) is 3.54. The number of amides is 3. The van der Waals surface area contributed by atoms with E-state index in [1.165, 1.54) is 0 Å². The van der Waals surface area contributed by atoms with Crippen LogP contribution in [0.3, 0.4) is 0 Å². The highest BCUT2D eigenvalue weighted by atomic mass is 35.5. The molecule has 7 heteroatoms. The number of halogens is 1. The van der Waals surface area contributed by atoms with Crippen molar-refractivity contribution >= 4 is 35.0 Å². The van der Waals surface area contributed by atoms with Crippen LogP contribution >= 0.6 is 11.6 Å². The molecule has 0 spiro atoms. The summed E-state index contributed by atoms with van der Waals surface area (Å²) in [7, 11) is 0. The van der Waals surface area contributed by atoms with E-state index in [2.05, 4.69) is 10.6 Å². The molecule has 2 aromatic carbocycles. The molecular weight excluding hydrogens is 402 g/mol. The van der Waals surface area contributed by atoms with Gasteiger partial charge >= 0.3 is 0 Å². The Kier molecular flexibility index (Phi) is 7.11. The van der Waals surface area contributed by atoms with Gasteiger partial charge in [0, 0.05) is 31.1 Å². The number of hydrogen-bond acceptors (Lipinski definition) is 3. The zero-order valence-corrected chi connectivity index (χ0v) is 17.9. The van der Waals surface area contributed by atoms with Crippen LogP contribution in [-0.2, 0) is 16.1 Å². The van der Waals surface area contributed by atoms with Gasteiger partial charge in [-0.3, -0.25) is 14.4 Å². The van der Waals surface area contributed by atoms with E-state index in [1.807, 2.05) is 32.0 Å². The quantitative estimate of drug-likeness (QED) is 0.709. The van der Waals surface area contributed by atoms with Crippen molar-refractivity contribution in [2.75, 3.05) is 11.4 Å². The second-order valence-corrected chi connectivity index (χ2v) is 7.96. The van der Waals surface area contributed by atoms with Gasteiger partial charge < -0.3 is 15.5 Å². The third kappa shape index (κ3) is 5.19. The molecule has 1 saturated heterocycles. The first kappa shape index (κ1) is 21.8. The highest BCUT2D eigenvalue weighted by molar-refractivity contribution is 6.33. The molecule has 1 fully saturated rings. The van der Waals surface area contributed by atoms with E-state index in [9.17, 15) is 14.4 Å². The highest BCUT2D eigenvalue weighted by Gasteiger charge is 2.35. The summed E-state index contributed by atoms with van der Waals surface area (Å²) in [6, 6.07) is 14.4. The van der Waals surface area contributed by atoms with Gasteiger partial charge in [0.25, 0.3) is 5.91 Å². The van der Waals surface area contributed by atoms with Crippen LogP contribution in [0, 0.1) is 5.92 Å². The van der Waals surface area contributed by atoms with Crippen molar-refractivity contribution < 1.29 is 14.4 Å². The van der Waals surface area contributed by atoms with Crippen LogP contribution in [-0.4, -0.2) is 30.3 Å². The van der Waals surface area contributed by atoms with Crippen LogP contribution in [0.4, 0.5) is 5.69 Å². The fraction of sp³-hybridized carbons (Fsp3) is 0.348. The normalized spacial score (nSPS) is 17.0. The third-order valence-corrected chi connectivity index (χ3v) is 5.63. The zero-order chi connectivity index (χ0) is 21.7. The predicted octanol–water partition coefficient (Wildman–Crippen LogP) is 3.54. The predicted molar refractivity (Wildman–Crippen MR) is 117 cm³/mol. The molecule has 2 unspecified atom stereocenters. The van der Waals surface area contributed by atoms with Crippen LogP contribution in [0.15, 0.2) is 48.5 Å². The second kappa shape index (κ2) is 9.76. The number of benzene rings is 2. The van der Waals surface area contributed by atoms with Gasteiger partial charge in [-0.25, -0.2) is 0 Å². The molecule has 158 valence electrons. The summed E-state index contributed by atoms with van der Waals surface area (Å²) in [6.45, 7) is 4.62. The van der Waals surface area contributed by atoms with Crippen molar-refractivity contribution in [3.05, 3.63) is 64.7 Å². The van der Waals surface area contributed by atoms with Gasteiger partial charge in [-0.1, -0.05) is 42.8 Å². The number of carbonyl (C=O) groups excluding carboxylic acids is 3. The van der Waals surface area contributed by atoms with Crippen molar-refractivity contribution in [2.45, 2.75) is 39.3 Å². The van der Waals surface area contributed by atoms with Gasteiger partial charge in [0.1, 0.15) is 0 Å². The van der Waals surface area contributed by atoms with Crippen LogP contribution in [0.25, 0.3) is 0 Å². The van der Waals surface area contributed by atoms with Gasteiger partial charge in [0.15, 0.2) is 0 Å². The molecule has 30 heavy (non-hydrogen) atoms. The summed E-state index contributed by atoms with van der Waals surface area (Å²) in [6.07, 6.45) is 1.03. The zero-order valence-electron chi connectivity index (χ0n) is 17.2. The minimum absolute atomic E-state index is 0.107. The molecule has 0 radical (unpaired) electrons. The molecule has 1 aliphatic heterocycles. The lowest BCUT2D eigenvalue weighted by Gasteiger charge is -2.18. The first-order valence-corrected chi connectivity index (χ1v) is 10.5. The van der Waals surface area contributed by atoms with E-state index in [4.69, 9.17) is 11.6 Å². The van der Waals surface area contributed by atoms with Gasteiger partial charge in [-0.15, -0.1) is 0 Å². The number of carbonyl (C=O) groups is 3. The molecule has 2 aromatic rings. The lowest BCUT2D eigenvalue weighted by molar-refractivity contribution is -0.126. The number of para-hydroxylation sites is 1. The first-order chi connectivity index (χ1) is 14.4. The average molecular weight is 428 g/mol. The van der Waals surface area contributed by atoms with E-state index in [0.29, 0.717) is 29.4 Å². The van der Waals surface area contributed by atoms with Crippen LogP contribution < -0.4 is 15.5 Å². The van der Waals surface area contributed by atoms with Gasteiger partial charge in [-0.05, 0) is 43.2 Å². The smallest absolute Gasteiger partial charge is 0.251 e. The maximum Gasteiger partial charge on any atom is 0.251 e. The molecule has 0 aliphatic carbocycles. The standard InChI is InChI=1S/C23H26ClN3O3/c1-3-15(2)26-23(30)17-10-8-16(9-11-17)13-25-22(29)18-12-21(28)27(14-18)20-7-5-4-6-19(20)24/h4-11,15,18H,3,12-14H2,1-2H3,(H,25,29)(H,26,30). The number of hydrogen-bond donors (Lipinski definition) is 2. The van der Waals surface area contributed by atoms with Crippen molar-refractivity contribution in [1.82, 2.24) is 10.6 Å². The molecule has 3 amide bonds. The summed E-state index contributed by atoms with van der Waals surface area (Å²) >= 11 is 6.19. The SMILES string of the molecule is CCC(C)NC(=O)c1ccc(CNC(=O)C2CC(=O)N(c3ccccc3Cl)C2)cc1. The van der Waals surface area contributed by atoms with Crippen LogP contribution in [0.5, 0.6) is 0 Å². The molecule has 1 heterocycles. The summed E-state index contributed by atoms with van der Waals surface area (Å²) < 4.78 is 0. The van der Waals surface area contributed by atoms with Crippen LogP contribution in [0.1, 0.15) is 42.6 Å². The van der Waals surface area contributed by atoms with Crippen molar-refractivity contribution in [3.8, 4) is 0 Å². The maximum absolute atomic E-state index is 12.6. The fourth-order valence-electron chi connectivity index (χ4n) is 3.30. The molecule has 3 rings (SSSR count). The summed E-state index contributed by atoms with van der Waals surface area (Å²) in [4.78, 5) is 38.6. The summed E-state index contributed by atoms with van der Waals surface area (Å²) in [5.74, 6) is -0.810. The molecule has 2 N–H and O–H groups in total. The van der Waals surface area contributed by atoms with E-state index in [1.54, 1.807) is 35.2 Å². The van der Waals surface area contributed by atoms with Crippen molar-refractivity contribution in [2.24, 2.45) is 5.92 Å². The summed E-state index contributed by atoms with van der Waals surface area (Å²) in [5, 5.41) is 6.30. The highest BCUT2D eigenvalue weighted by Crippen LogP contribution is 2.31. The molecule has 6 nitrogen and oxygen atoms in total. The molecule has 0 bridgehead atoms. The monoisotopic (exact) mass is 427 g/mol. The Balaban J connectivity index is 1.54. The Morgan fingerprint density at radius 1 is 1.17 bits per heavy atom. The maximum atomic E-state index is 12.6. The van der Waals surface area contributed by atoms with E-state index < -0.39 is 5.92 Å². The Labute approximate surface area is 181 Å². The van der Waals surface area contributed by atoms with Crippen molar-refractivity contribution in [3.63, 3.8) is 0 Å². The van der Waals surface area contributed by atoms with Gasteiger partial charge in [0.05, 0.1) is 16.6 Å². The van der Waals surface area contributed by atoms with Gasteiger partial charge in [-0.2, -0.15) is 0 Å². The number of rotatable bonds is 7. The van der Waals surface area contributed by atoms with E-state index in [0.717, 1.165) is 12.0 Å². The minimum Gasteiger partial charge on any atom is -0.352 e. The van der Waals surface area contributed by atoms with E-state index >= 15 is 0 Å². The number of nitrogens with zero attached hydrogens (tertiary/aromatic N) is 1. The molecular formula is C23H26ClN3O3. The average Bonchev–Trinajstić information content (AvgIpc) is 3.14.